The highest BCUT2D eigenvalue weighted by Crippen LogP contribution is 2.34. The van der Waals surface area contributed by atoms with Crippen molar-refractivity contribution in [3.05, 3.63) is 97.1 Å². The quantitative estimate of drug-likeness (QED) is 0.449. The average Bonchev–Trinajstić information content (AvgIpc) is 2.74. The normalized spacial score (nSPS) is 10.5. The maximum atomic E-state index is 5.39. The van der Waals surface area contributed by atoms with E-state index in [9.17, 15) is 0 Å². The van der Waals surface area contributed by atoms with Crippen LogP contribution >= 0.6 is 0 Å². The minimum absolute atomic E-state index is 0.841. The minimum Gasteiger partial charge on any atom is -0.497 e. The highest BCUT2D eigenvalue weighted by Gasteiger charge is 2.12. The smallest absolute Gasteiger partial charge is 0.119 e. The van der Waals surface area contributed by atoms with Gasteiger partial charge in [-0.25, -0.2) is 4.98 Å². The van der Waals surface area contributed by atoms with Crippen molar-refractivity contribution in [1.82, 2.24) is 4.98 Å². The maximum Gasteiger partial charge on any atom is 0.119 e. The Morgan fingerprint density at radius 1 is 0.615 bits per heavy atom. The molecule has 26 heavy (non-hydrogen) atoms. The first-order valence-electron chi connectivity index (χ1n) is 8.61. The predicted molar refractivity (Wildman–Crippen MR) is 107 cm³/mol. The molecule has 2 heteroatoms. The number of benzene rings is 3. The standard InChI is InChI=1S/C24H19NO/c1-26-21-14-8-13-20(17-21)22-15-16-23(18-9-4-2-5-10-18)25-24(22)19-11-6-3-7-12-19/h2-17H,1H3. The van der Waals surface area contributed by atoms with E-state index in [1.165, 1.54) is 0 Å². The summed E-state index contributed by atoms with van der Waals surface area (Å²) in [5.41, 5.74) is 6.34. The van der Waals surface area contributed by atoms with Crippen LogP contribution in [0.5, 0.6) is 5.75 Å². The lowest BCUT2D eigenvalue weighted by Gasteiger charge is -2.13. The lowest BCUT2D eigenvalue weighted by molar-refractivity contribution is 0.415. The monoisotopic (exact) mass is 337 g/mol. The van der Waals surface area contributed by atoms with Gasteiger partial charge in [0.15, 0.2) is 0 Å². The van der Waals surface area contributed by atoms with Gasteiger partial charge in [0.25, 0.3) is 0 Å². The van der Waals surface area contributed by atoms with Gasteiger partial charge in [-0.05, 0) is 23.8 Å². The fourth-order valence-electron chi connectivity index (χ4n) is 3.07. The second-order valence-corrected chi connectivity index (χ2v) is 6.06. The molecule has 126 valence electrons. The number of nitrogens with zero attached hydrogens (tertiary/aromatic N) is 1. The number of hydrogen-bond donors (Lipinski definition) is 0. The Balaban J connectivity index is 1.91. The van der Waals surface area contributed by atoms with Crippen molar-refractivity contribution in [2.45, 2.75) is 0 Å². The molecule has 1 aromatic heterocycles. The SMILES string of the molecule is COc1cccc(-c2ccc(-c3ccccc3)nc2-c2ccccc2)c1. The van der Waals surface area contributed by atoms with Crippen molar-refractivity contribution >= 4 is 0 Å². The van der Waals surface area contributed by atoms with Crippen LogP contribution in [0.4, 0.5) is 0 Å². The first-order chi connectivity index (χ1) is 12.8. The second kappa shape index (κ2) is 7.24. The van der Waals surface area contributed by atoms with Crippen molar-refractivity contribution in [3.63, 3.8) is 0 Å². The molecule has 0 amide bonds. The van der Waals surface area contributed by atoms with Gasteiger partial charge in [0.2, 0.25) is 0 Å². The van der Waals surface area contributed by atoms with Gasteiger partial charge in [-0.15, -0.1) is 0 Å². The van der Waals surface area contributed by atoms with E-state index >= 15 is 0 Å². The fraction of sp³-hybridized carbons (Fsp3) is 0.0417. The van der Waals surface area contributed by atoms with Crippen LogP contribution in [0.15, 0.2) is 97.1 Å². The Labute approximate surface area is 153 Å². The molecule has 3 aromatic carbocycles. The molecule has 0 spiro atoms. The molecule has 0 N–H and O–H groups in total. The minimum atomic E-state index is 0.841. The molecule has 0 saturated carbocycles. The Morgan fingerprint density at radius 3 is 1.96 bits per heavy atom. The summed E-state index contributed by atoms with van der Waals surface area (Å²) in [6.07, 6.45) is 0. The Morgan fingerprint density at radius 2 is 1.27 bits per heavy atom. The molecule has 1 heterocycles. The zero-order chi connectivity index (χ0) is 17.8. The van der Waals surface area contributed by atoms with Crippen LogP contribution in [0.3, 0.4) is 0 Å². The van der Waals surface area contributed by atoms with E-state index in [2.05, 4.69) is 42.5 Å². The number of ether oxygens (including phenoxy) is 1. The van der Waals surface area contributed by atoms with E-state index < -0.39 is 0 Å². The molecule has 4 rings (SSSR count). The topological polar surface area (TPSA) is 22.1 Å². The van der Waals surface area contributed by atoms with E-state index in [-0.39, 0.29) is 0 Å². The maximum absolute atomic E-state index is 5.39. The summed E-state index contributed by atoms with van der Waals surface area (Å²) in [6.45, 7) is 0. The number of methoxy groups -OCH3 is 1. The molecule has 2 nitrogen and oxygen atoms in total. The highest BCUT2D eigenvalue weighted by molar-refractivity contribution is 5.83. The average molecular weight is 337 g/mol. The summed E-state index contributed by atoms with van der Waals surface area (Å²) >= 11 is 0. The van der Waals surface area contributed by atoms with Crippen molar-refractivity contribution in [2.24, 2.45) is 0 Å². The molecule has 0 saturated heterocycles. The van der Waals surface area contributed by atoms with E-state index in [1.54, 1.807) is 7.11 Å². The van der Waals surface area contributed by atoms with Crippen LogP contribution in [0.25, 0.3) is 33.6 Å². The predicted octanol–water partition coefficient (Wildman–Crippen LogP) is 6.09. The van der Waals surface area contributed by atoms with Crippen molar-refractivity contribution in [3.8, 4) is 39.4 Å². The molecular weight excluding hydrogens is 318 g/mol. The summed E-state index contributed by atoms with van der Waals surface area (Å²) in [6, 6.07) is 32.9. The van der Waals surface area contributed by atoms with Crippen molar-refractivity contribution in [1.29, 1.82) is 0 Å². The van der Waals surface area contributed by atoms with Gasteiger partial charge in [-0.1, -0.05) is 78.9 Å². The van der Waals surface area contributed by atoms with E-state index in [0.29, 0.717) is 0 Å². The van der Waals surface area contributed by atoms with Gasteiger partial charge in [-0.3, -0.25) is 0 Å². The van der Waals surface area contributed by atoms with Crippen LogP contribution in [0.1, 0.15) is 0 Å². The summed E-state index contributed by atoms with van der Waals surface area (Å²) in [4.78, 5) is 5.00. The zero-order valence-electron chi connectivity index (χ0n) is 14.6. The third-order valence-corrected chi connectivity index (χ3v) is 4.39. The summed E-state index contributed by atoms with van der Waals surface area (Å²) in [5, 5.41) is 0. The number of rotatable bonds is 4. The molecule has 0 atom stereocenters. The summed E-state index contributed by atoms with van der Waals surface area (Å²) in [5.74, 6) is 0.841. The van der Waals surface area contributed by atoms with Crippen molar-refractivity contribution < 1.29 is 4.74 Å². The largest absolute Gasteiger partial charge is 0.497 e. The number of pyridine rings is 1. The molecule has 0 unspecified atom stereocenters. The highest BCUT2D eigenvalue weighted by atomic mass is 16.5. The van der Waals surface area contributed by atoms with Crippen molar-refractivity contribution in [2.75, 3.05) is 7.11 Å². The van der Waals surface area contributed by atoms with Gasteiger partial charge < -0.3 is 4.74 Å². The molecule has 4 aromatic rings. The van der Waals surface area contributed by atoms with Gasteiger partial charge >= 0.3 is 0 Å². The lowest BCUT2D eigenvalue weighted by atomic mass is 9.97. The van der Waals surface area contributed by atoms with Crippen LogP contribution in [0.2, 0.25) is 0 Å². The van der Waals surface area contributed by atoms with Crippen LogP contribution < -0.4 is 4.74 Å². The first kappa shape index (κ1) is 16.1. The Hall–Kier alpha value is -3.39. The number of aromatic nitrogens is 1. The van der Waals surface area contributed by atoms with Crippen LogP contribution in [-0.4, -0.2) is 12.1 Å². The fourth-order valence-corrected chi connectivity index (χ4v) is 3.07. The molecule has 0 aliphatic carbocycles. The van der Waals surface area contributed by atoms with E-state index in [1.807, 2.05) is 54.6 Å². The summed E-state index contributed by atoms with van der Waals surface area (Å²) in [7, 11) is 1.69. The molecular formula is C24H19NO. The van der Waals surface area contributed by atoms with Gasteiger partial charge in [-0.2, -0.15) is 0 Å². The second-order valence-electron chi connectivity index (χ2n) is 6.06. The summed E-state index contributed by atoms with van der Waals surface area (Å²) < 4.78 is 5.39. The number of hydrogen-bond acceptors (Lipinski definition) is 2. The third-order valence-electron chi connectivity index (χ3n) is 4.39. The van der Waals surface area contributed by atoms with Gasteiger partial charge in [0.1, 0.15) is 5.75 Å². The first-order valence-corrected chi connectivity index (χ1v) is 8.61. The zero-order valence-corrected chi connectivity index (χ0v) is 14.6. The van der Waals surface area contributed by atoms with Crippen LogP contribution in [-0.2, 0) is 0 Å². The molecule has 0 aliphatic heterocycles. The van der Waals surface area contributed by atoms with Crippen LogP contribution in [0, 0.1) is 0 Å². The Kier molecular flexibility index (Phi) is 4.48. The Bertz CT molecular complexity index is 1010. The molecule has 0 radical (unpaired) electrons. The van der Waals surface area contributed by atoms with Gasteiger partial charge in [0, 0.05) is 16.7 Å². The third kappa shape index (κ3) is 3.22. The van der Waals surface area contributed by atoms with E-state index in [0.717, 1.165) is 39.4 Å². The molecule has 0 bridgehead atoms. The molecule has 0 aliphatic rings. The lowest BCUT2D eigenvalue weighted by Crippen LogP contribution is -1.93. The van der Waals surface area contributed by atoms with Gasteiger partial charge in [0.05, 0.1) is 18.5 Å². The van der Waals surface area contributed by atoms with E-state index in [4.69, 9.17) is 9.72 Å². The molecule has 0 fully saturated rings.